The maximum absolute atomic E-state index is 13.1. The van der Waals surface area contributed by atoms with E-state index in [2.05, 4.69) is 10.3 Å². The lowest BCUT2D eigenvalue weighted by atomic mass is 9.84. The average molecular weight is 363 g/mol. The van der Waals surface area contributed by atoms with E-state index in [4.69, 9.17) is 0 Å². The molecule has 1 fully saturated rings. The quantitative estimate of drug-likeness (QED) is 0.873. The van der Waals surface area contributed by atoms with Crippen molar-refractivity contribution in [2.24, 2.45) is 5.92 Å². The minimum atomic E-state index is -0.443. The fourth-order valence-electron chi connectivity index (χ4n) is 4.30. The molecular weight excluding hydrogens is 338 g/mol. The van der Waals surface area contributed by atoms with Crippen LogP contribution in [0.4, 0.5) is 5.69 Å². The second-order valence-corrected chi connectivity index (χ2v) is 7.57. The van der Waals surface area contributed by atoms with Crippen LogP contribution in [0.15, 0.2) is 48.8 Å². The van der Waals surface area contributed by atoms with Gasteiger partial charge in [0.15, 0.2) is 0 Å². The van der Waals surface area contributed by atoms with Gasteiger partial charge in [-0.05, 0) is 36.1 Å². The van der Waals surface area contributed by atoms with Gasteiger partial charge >= 0.3 is 0 Å². The molecule has 1 saturated carbocycles. The number of hydrogen-bond acceptors (Lipinski definition) is 3. The van der Waals surface area contributed by atoms with Crippen molar-refractivity contribution in [3.05, 3.63) is 59.9 Å². The monoisotopic (exact) mass is 363 g/mol. The van der Waals surface area contributed by atoms with Crippen molar-refractivity contribution in [3.63, 3.8) is 0 Å². The summed E-state index contributed by atoms with van der Waals surface area (Å²) in [6.07, 6.45) is 10.1. The predicted molar refractivity (Wildman–Crippen MR) is 104 cm³/mol. The number of rotatable bonds is 5. The standard InChI is InChI=1S/C22H25N3O2/c26-21(24-18-10-12-23-13-11-18)20(14-16-6-2-1-3-7-16)25-15-17-8-4-5-9-19(17)22(25)27/h4-5,8-13,16,20H,1-3,6-7,14-15H2,(H,23,24,26). The number of carbonyl (C=O) groups excluding carboxylic acids is 2. The van der Waals surface area contributed by atoms with E-state index in [1.807, 2.05) is 24.3 Å². The molecule has 140 valence electrons. The molecular formula is C22H25N3O2. The first-order valence-electron chi connectivity index (χ1n) is 9.82. The SMILES string of the molecule is O=C(Nc1ccncc1)C(CC1CCCCC1)N1Cc2ccccc2C1=O. The smallest absolute Gasteiger partial charge is 0.255 e. The third-order valence-electron chi connectivity index (χ3n) is 5.76. The summed E-state index contributed by atoms with van der Waals surface area (Å²) in [7, 11) is 0. The first-order chi connectivity index (χ1) is 13.2. The lowest BCUT2D eigenvalue weighted by Crippen LogP contribution is -2.45. The highest BCUT2D eigenvalue weighted by molar-refractivity contribution is 6.03. The minimum absolute atomic E-state index is 0.0312. The molecule has 0 bridgehead atoms. The molecule has 2 amide bonds. The molecule has 5 heteroatoms. The molecule has 2 aromatic rings. The van der Waals surface area contributed by atoms with Crippen LogP contribution in [0.5, 0.6) is 0 Å². The normalized spacial score (nSPS) is 18.2. The number of anilines is 1. The van der Waals surface area contributed by atoms with Gasteiger partial charge in [-0.25, -0.2) is 0 Å². The predicted octanol–water partition coefficient (Wildman–Crippen LogP) is 4.02. The summed E-state index contributed by atoms with van der Waals surface area (Å²) >= 11 is 0. The molecule has 1 aromatic heterocycles. The van der Waals surface area contributed by atoms with Gasteiger partial charge in [0.25, 0.3) is 5.91 Å². The highest BCUT2D eigenvalue weighted by Gasteiger charge is 2.37. The molecule has 1 aromatic carbocycles. The van der Waals surface area contributed by atoms with Gasteiger partial charge < -0.3 is 10.2 Å². The van der Waals surface area contributed by atoms with Crippen LogP contribution in [0.25, 0.3) is 0 Å². The molecule has 1 N–H and O–H groups in total. The van der Waals surface area contributed by atoms with Gasteiger partial charge in [-0.2, -0.15) is 0 Å². The van der Waals surface area contributed by atoms with Crippen LogP contribution in [0, 0.1) is 5.92 Å². The van der Waals surface area contributed by atoms with Crippen LogP contribution >= 0.6 is 0 Å². The number of carbonyl (C=O) groups is 2. The first-order valence-corrected chi connectivity index (χ1v) is 9.82. The number of nitrogens with zero attached hydrogens (tertiary/aromatic N) is 2. The van der Waals surface area contributed by atoms with Crippen LogP contribution in [0.1, 0.15) is 54.4 Å². The molecule has 5 nitrogen and oxygen atoms in total. The molecule has 2 heterocycles. The Bertz CT molecular complexity index is 815. The second kappa shape index (κ2) is 7.91. The van der Waals surface area contributed by atoms with E-state index >= 15 is 0 Å². The molecule has 1 unspecified atom stereocenters. The van der Waals surface area contributed by atoms with Gasteiger partial charge in [0.05, 0.1) is 0 Å². The first kappa shape index (κ1) is 17.7. The Morgan fingerprint density at radius 3 is 2.59 bits per heavy atom. The number of benzene rings is 1. The number of pyridine rings is 1. The summed E-state index contributed by atoms with van der Waals surface area (Å²) in [5, 5.41) is 2.98. The molecule has 0 radical (unpaired) electrons. The Balaban J connectivity index is 1.56. The van der Waals surface area contributed by atoms with Crippen molar-refractivity contribution in [3.8, 4) is 0 Å². The summed E-state index contributed by atoms with van der Waals surface area (Å²) in [4.78, 5) is 31.9. The van der Waals surface area contributed by atoms with Crippen molar-refractivity contribution in [2.45, 2.75) is 51.1 Å². The lowest BCUT2D eigenvalue weighted by molar-refractivity contribution is -0.121. The van der Waals surface area contributed by atoms with Gasteiger partial charge in [-0.3, -0.25) is 14.6 Å². The summed E-state index contributed by atoms with van der Waals surface area (Å²) in [6, 6.07) is 10.8. The average Bonchev–Trinajstić information content (AvgIpc) is 3.04. The number of fused-ring (bicyclic) bond motifs is 1. The molecule has 1 aliphatic carbocycles. The van der Waals surface area contributed by atoms with E-state index in [0.717, 1.165) is 30.4 Å². The van der Waals surface area contributed by atoms with Crippen molar-refractivity contribution in [1.29, 1.82) is 0 Å². The number of amides is 2. The lowest BCUT2D eigenvalue weighted by Gasteiger charge is -2.31. The summed E-state index contributed by atoms with van der Waals surface area (Å²) in [5.74, 6) is 0.368. The van der Waals surface area contributed by atoms with E-state index < -0.39 is 6.04 Å². The zero-order valence-corrected chi connectivity index (χ0v) is 15.4. The molecule has 1 aliphatic heterocycles. The Kier molecular flexibility index (Phi) is 5.19. The highest BCUT2D eigenvalue weighted by Crippen LogP contribution is 2.32. The van der Waals surface area contributed by atoms with Crippen molar-refractivity contribution in [1.82, 2.24) is 9.88 Å². The molecule has 4 rings (SSSR count). The van der Waals surface area contributed by atoms with Gasteiger partial charge in [0.1, 0.15) is 6.04 Å². The Labute approximate surface area is 159 Å². The number of nitrogens with one attached hydrogen (secondary N) is 1. The van der Waals surface area contributed by atoms with Gasteiger partial charge in [-0.15, -0.1) is 0 Å². The maximum atomic E-state index is 13.1. The fraction of sp³-hybridized carbons (Fsp3) is 0.409. The van der Waals surface area contributed by atoms with Crippen molar-refractivity contribution >= 4 is 17.5 Å². The minimum Gasteiger partial charge on any atom is -0.324 e. The third-order valence-corrected chi connectivity index (χ3v) is 5.76. The van der Waals surface area contributed by atoms with Crippen LogP contribution < -0.4 is 5.32 Å². The molecule has 1 atom stereocenters. The van der Waals surface area contributed by atoms with E-state index in [-0.39, 0.29) is 11.8 Å². The van der Waals surface area contributed by atoms with Gasteiger partial charge in [0, 0.05) is 30.2 Å². The Hall–Kier alpha value is -2.69. The zero-order chi connectivity index (χ0) is 18.6. The van der Waals surface area contributed by atoms with Crippen molar-refractivity contribution in [2.75, 3.05) is 5.32 Å². The van der Waals surface area contributed by atoms with Crippen LogP contribution in [-0.4, -0.2) is 27.7 Å². The third kappa shape index (κ3) is 3.87. The molecule has 0 spiro atoms. The maximum Gasteiger partial charge on any atom is 0.255 e. The molecule has 0 saturated heterocycles. The highest BCUT2D eigenvalue weighted by atomic mass is 16.2. The van der Waals surface area contributed by atoms with Crippen LogP contribution in [-0.2, 0) is 11.3 Å². The number of hydrogen-bond donors (Lipinski definition) is 1. The zero-order valence-electron chi connectivity index (χ0n) is 15.4. The van der Waals surface area contributed by atoms with Crippen LogP contribution in [0.3, 0.4) is 0 Å². The van der Waals surface area contributed by atoms with Crippen LogP contribution in [0.2, 0.25) is 0 Å². The Morgan fingerprint density at radius 2 is 1.85 bits per heavy atom. The van der Waals surface area contributed by atoms with E-state index in [9.17, 15) is 9.59 Å². The van der Waals surface area contributed by atoms with E-state index in [1.165, 1.54) is 19.3 Å². The van der Waals surface area contributed by atoms with Gasteiger partial charge in [0.2, 0.25) is 5.91 Å². The van der Waals surface area contributed by atoms with Gasteiger partial charge in [-0.1, -0.05) is 50.3 Å². The summed E-state index contributed by atoms with van der Waals surface area (Å²) < 4.78 is 0. The second-order valence-electron chi connectivity index (χ2n) is 7.57. The fourth-order valence-corrected chi connectivity index (χ4v) is 4.30. The number of aromatic nitrogens is 1. The summed E-state index contributed by atoms with van der Waals surface area (Å²) in [6.45, 7) is 0.510. The topological polar surface area (TPSA) is 62.3 Å². The van der Waals surface area contributed by atoms with Crippen molar-refractivity contribution < 1.29 is 9.59 Å². The largest absolute Gasteiger partial charge is 0.324 e. The van der Waals surface area contributed by atoms with E-state index in [0.29, 0.717) is 18.2 Å². The Morgan fingerprint density at radius 1 is 1.11 bits per heavy atom. The summed E-state index contributed by atoms with van der Waals surface area (Å²) in [5.41, 5.74) is 2.45. The molecule has 27 heavy (non-hydrogen) atoms. The molecule has 2 aliphatic rings. The van der Waals surface area contributed by atoms with E-state index in [1.54, 1.807) is 29.4 Å².